The maximum Gasteiger partial charge on any atom is 0.295 e. The molecule has 6 heteroatoms. The summed E-state index contributed by atoms with van der Waals surface area (Å²) in [5, 5.41) is 11.4. The van der Waals surface area contributed by atoms with Crippen LogP contribution in [-0.2, 0) is 16.1 Å². The van der Waals surface area contributed by atoms with Crippen LogP contribution in [0.3, 0.4) is 0 Å². The molecule has 4 rings (SSSR count). The Balaban J connectivity index is 1.78. The van der Waals surface area contributed by atoms with E-state index in [-0.39, 0.29) is 17.9 Å². The molecule has 1 fully saturated rings. The Morgan fingerprint density at radius 2 is 1.86 bits per heavy atom. The third-order valence-electron chi connectivity index (χ3n) is 6.23. The van der Waals surface area contributed by atoms with Crippen LogP contribution in [0, 0.1) is 13.8 Å². The van der Waals surface area contributed by atoms with Crippen molar-refractivity contribution in [1.82, 2.24) is 9.88 Å². The molecule has 0 bridgehead atoms. The van der Waals surface area contributed by atoms with Gasteiger partial charge in [-0.05, 0) is 61.2 Å². The number of amides is 1. The molecule has 1 saturated heterocycles. The molecular formula is C29H30N2O4. The fourth-order valence-electron chi connectivity index (χ4n) is 4.30. The number of carbonyl (C=O) groups is 2. The molecule has 1 aliphatic rings. The SMILES string of the molecule is CCCCOc1ccc(C(O)=C2C(=O)C(=O)N(Cc3cccnc3)C2c2ccc(C)cc2)c(C)c1. The van der Waals surface area contributed by atoms with Gasteiger partial charge in [0.15, 0.2) is 0 Å². The van der Waals surface area contributed by atoms with Gasteiger partial charge in [0, 0.05) is 24.5 Å². The highest BCUT2D eigenvalue weighted by Gasteiger charge is 2.46. The Morgan fingerprint density at radius 1 is 1.09 bits per heavy atom. The summed E-state index contributed by atoms with van der Waals surface area (Å²) in [5.74, 6) is -0.808. The summed E-state index contributed by atoms with van der Waals surface area (Å²) >= 11 is 0. The average Bonchev–Trinajstić information content (AvgIpc) is 3.10. The number of hydrogen-bond donors (Lipinski definition) is 1. The van der Waals surface area contributed by atoms with Crippen molar-refractivity contribution >= 4 is 17.4 Å². The van der Waals surface area contributed by atoms with Gasteiger partial charge in [0.2, 0.25) is 0 Å². The summed E-state index contributed by atoms with van der Waals surface area (Å²) in [6, 6.07) is 16.0. The molecule has 1 unspecified atom stereocenters. The Labute approximate surface area is 205 Å². The second-order valence-electron chi connectivity index (χ2n) is 8.88. The zero-order valence-corrected chi connectivity index (χ0v) is 20.3. The molecule has 0 saturated carbocycles. The zero-order valence-electron chi connectivity index (χ0n) is 20.3. The number of aryl methyl sites for hydroxylation is 2. The highest BCUT2D eigenvalue weighted by molar-refractivity contribution is 6.46. The zero-order chi connectivity index (χ0) is 24.9. The molecular weight excluding hydrogens is 440 g/mol. The van der Waals surface area contributed by atoms with E-state index < -0.39 is 17.7 Å². The molecule has 3 aromatic rings. The van der Waals surface area contributed by atoms with Crippen LogP contribution in [0.1, 0.15) is 53.6 Å². The van der Waals surface area contributed by atoms with Gasteiger partial charge in [-0.3, -0.25) is 14.6 Å². The topological polar surface area (TPSA) is 79.7 Å². The Kier molecular flexibility index (Phi) is 7.30. The first-order valence-corrected chi connectivity index (χ1v) is 11.9. The van der Waals surface area contributed by atoms with E-state index in [1.54, 1.807) is 30.6 Å². The predicted molar refractivity (Wildman–Crippen MR) is 135 cm³/mol. The number of aromatic nitrogens is 1. The number of likely N-dealkylation sites (tertiary alicyclic amines) is 1. The van der Waals surface area contributed by atoms with E-state index in [0.717, 1.165) is 35.1 Å². The predicted octanol–water partition coefficient (Wildman–Crippen LogP) is 5.50. The van der Waals surface area contributed by atoms with Crippen LogP contribution in [0.15, 0.2) is 72.6 Å². The van der Waals surface area contributed by atoms with E-state index in [4.69, 9.17) is 4.74 Å². The van der Waals surface area contributed by atoms with Crippen molar-refractivity contribution in [3.8, 4) is 5.75 Å². The van der Waals surface area contributed by atoms with E-state index in [0.29, 0.717) is 17.9 Å². The number of unbranched alkanes of at least 4 members (excludes halogenated alkanes) is 1. The summed E-state index contributed by atoms with van der Waals surface area (Å²) in [6.45, 7) is 6.76. The standard InChI is InChI=1S/C29H30N2O4/c1-4-5-15-35-23-12-13-24(20(3)16-23)27(32)25-26(22-10-8-19(2)9-11-22)31(29(34)28(25)33)18-21-7-6-14-30-17-21/h6-14,16-17,26,32H,4-5,15,18H2,1-3H3. The van der Waals surface area contributed by atoms with Gasteiger partial charge in [0.05, 0.1) is 18.2 Å². The number of aliphatic hydroxyl groups is 1. The molecule has 180 valence electrons. The van der Waals surface area contributed by atoms with Gasteiger partial charge in [-0.2, -0.15) is 0 Å². The first-order chi connectivity index (χ1) is 16.9. The van der Waals surface area contributed by atoms with Crippen LogP contribution in [0.2, 0.25) is 0 Å². The van der Waals surface area contributed by atoms with E-state index in [9.17, 15) is 14.7 Å². The molecule has 0 spiro atoms. The first kappa shape index (κ1) is 24.2. The van der Waals surface area contributed by atoms with E-state index in [1.165, 1.54) is 4.90 Å². The van der Waals surface area contributed by atoms with Crippen molar-refractivity contribution < 1.29 is 19.4 Å². The molecule has 6 nitrogen and oxygen atoms in total. The minimum absolute atomic E-state index is 0.0884. The molecule has 2 aromatic carbocycles. The lowest BCUT2D eigenvalue weighted by atomic mass is 9.93. The Morgan fingerprint density at radius 3 is 2.51 bits per heavy atom. The second kappa shape index (κ2) is 10.6. The van der Waals surface area contributed by atoms with Crippen molar-refractivity contribution in [3.63, 3.8) is 0 Å². The number of hydrogen-bond acceptors (Lipinski definition) is 5. The maximum atomic E-state index is 13.3. The number of carbonyl (C=O) groups excluding carboxylic acids is 2. The van der Waals surface area contributed by atoms with Crippen LogP contribution in [0.5, 0.6) is 5.75 Å². The van der Waals surface area contributed by atoms with Crippen LogP contribution < -0.4 is 4.74 Å². The van der Waals surface area contributed by atoms with Crippen LogP contribution in [-0.4, -0.2) is 33.3 Å². The number of ether oxygens (including phenoxy) is 1. The number of pyridine rings is 1. The molecule has 1 aromatic heterocycles. The fraction of sp³-hybridized carbons (Fsp3) is 0.276. The molecule has 1 N–H and O–H groups in total. The van der Waals surface area contributed by atoms with Gasteiger partial charge in [-0.25, -0.2) is 0 Å². The maximum absolute atomic E-state index is 13.3. The summed E-state index contributed by atoms with van der Waals surface area (Å²) in [4.78, 5) is 32.1. The van der Waals surface area contributed by atoms with Gasteiger partial charge in [-0.15, -0.1) is 0 Å². The van der Waals surface area contributed by atoms with E-state index in [2.05, 4.69) is 11.9 Å². The van der Waals surface area contributed by atoms with Crippen molar-refractivity contribution in [3.05, 3.63) is 100 Å². The normalized spacial score (nSPS) is 17.1. The molecule has 1 atom stereocenters. The quantitative estimate of drug-likeness (QED) is 0.204. The number of ketones is 1. The van der Waals surface area contributed by atoms with Gasteiger partial charge < -0.3 is 14.7 Å². The third-order valence-corrected chi connectivity index (χ3v) is 6.23. The molecule has 0 aliphatic carbocycles. The lowest BCUT2D eigenvalue weighted by Crippen LogP contribution is -2.29. The Hall–Kier alpha value is -3.93. The number of nitrogens with zero attached hydrogens (tertiary/aromatic N) is 2. The number of aliphatic hydroxyl groups excluding tert-OH is 1. The smallest absolute Gasteiger partial charge is 0.295 e. The van der Waals surface area contributed by atoms with Crippen molar-refractivity contribution in [1.29, 1.82) is 0 Å². The minimum Gasteiger partial charge on any atom is -0.507 e. The molecule has 35 heavy (non-hydrogen) atoms. The van der Waals surface area contributed by atoms with Gasteiger partial charge >= 0.3 is 0 Å². The van der Waals surface area contributed by atoms with Crippen LogP contribution >= 0.6 is 0 Å². The lowest BCUT2D eigenvalue weighted by Gasteiger charge is -2.25. The van der Waals surface area contributed by atoms with Crippen molar-refractivity contribution in [2.24, 2.45) is 0 Å². The molecule has 0 radical (unpaired) electrons. The van der Waals surface area contributed by atoms with Crippen molar-refractivity contribution in [2.45, 2.75) is 46.2 Å². The van der Waals surface area contributed by atoms with Crippen LogP contribution in [0.4, 0.5) is 0 Å². The van der Waals surface area contributed by atoms with Gasteiger partial charge in [0.1, 0.15) is 11.5 Å². The summed E-state index contributed by atoms with van der Waals surface area (Å²) < 4.78 is 5.78. The summed E-state index contributed by atoms with van der Waals surface area (Å²) in [7, 11) is 0. The molecule has 2 heterocycles. The van der Waals surface area contributed by atoms with E-state index in [1.807, 2.05) is 50.2 Å². The minimum atomic E-state index is -0.712. The van der Waals surface area contributed by atoms with Gasteiger partial charge in [-0.1, -0.05) is 49.2 Å². The highest BCUT2D eigenvalue weighted by Crippen LogP contribution is 2.41. The van der Waals surface area contributed by atoms with Crippen molar-refractivity contribution in [2.75, 3.05) is 6.61 Å². The van der Waals surface area contributed by atoms with Crippen LogP contribution in [0.25, 0.3) is 5.76 Å². The number of Topliss-reactive ketones (excluding diaryl/α,β-unsaturated/α-hetero) is 1. The average molecular weight is 471 g/mol. The number of rotatable bonds is 8. The monoisotopic (exact) mass is 470 g/mol. The molecule has 1 aliphatic heterocycles. The Bertz CT molecular complexity index is 1250. The number of benzene rings is 2. The summed E-state index contributed by atoms with van der Waals surface area (Å²) in [6.07, 6.45) is 5.33. The first-order valence-electron chi connectivity index (χ1n) is 11.9. The molecule has 1 amide bonds. The van der Waals surface area contributed by atoms with E-state index >= 15 is 0 Å². The van der Waals surface area contributed by atoms with Gasteiger partial charge in [0.25, 0.3) is 11.7 Å². The summed E-state index contributed by atoms with van der Waals surface area (Å²) in [5.41, 5.74) is 3.98. The lowest BCUT2D eigenvalue weighted by molar-refractivity contribution is -0.140. The fourth-order valence-corrected chi connectivity index (χ4v) is 4.30. The second-order valence-corrected chi connectivity index (χ2v) is 8.88. The third kappa shape index (κ3) is 5.11. The highest BCUT2D eigenvalue weighted by atomic mass is 16.5. The largest absolute Gasteiger partial charge is 0.507 e.